The monoisotopic (exact) mass is 460 g/mol. The van der Waals surface area contributed by atoms with Gasteiger partial charge in [0.25, 0.3) is 16.0 Å². The topological polar surface area (TPSA) is 94.7 Å². The average Bonchev–Trinajstić information content (AvgIpc) is 3.27. The fraction of sp³-hybridized carbons (Fsp3) is 0.150. The van der Waals surface area contributed by atoms with E-state index in [0.29, 0.717) is 17.0 Å². The zero-order chi connectivity index (χ0) is 22.2. The van der Waals surface area contributed by atoms with Crippen molar-refractivity contribution in [1.82, 2.24) is 24.5 Å². The molecule has 2 aromatic carbocycles. The lowest BCUT2D eigenvalue weighted by atomic mass is 10.2. The molecule has 0 aliphatic carbocycles. The minimum absolute atomic E-state index is 0.0642. The van der Waals surface area contributed by atoms with Gasteiger partial charge in [-0.25, -0.2) is 26.9 Å². The van der Waals surface area contributed by atoms with Crippen molar-refractivity contribution in [3.05, 3.63) is 82.6 Å². The third-order valence-corrected chi connectivity index (χ3v) is 6.54. The Morgan fingerprint density at radius 2 is 1.84 bits per heavy atom. The molecule has 0 saturated carbocycles. The SMILES string of the molecule is Cc1nn(-c2ccccc2)c(C)c1S(=O)(=O)Nc1ncn(Cc2ccc(F)cc2Cl)n1. The van der Waals surface area contributed by atoms with Crippen LogP contribution in [0.1, 0.15) is 17.0 Å². The number of anilines is 1. The number of aromatic nitrogens is 5. The Labute approximate surface area is 183 Å². The van der Waals surface area contributed by atoms with Gasteiger partial charge in [0.15, 0.2) is 0 Å². The van der Waals surface area contributed by atoms with Crippen LogP contribution in [-0.2, 0) is 16.6 Å². The zero-order valence-corrected chi connectivity index (χ0v) is 18.2. The van der Waals surface area contributed by atoms with Crippen LogP contribution in [0.25, 0.3) is 5.69 Å². The van der Waals surface area contributed by atoms with Crippen molar-refractivity contribution < 1.29 is 12.8 Å². The molecule has 11 heteroatoms. The number of halogens is 2. The Morgan fingerprint density at radius 1 is 1.10 bits per heavy atom. The van der Waals surface area contributed by atoms with E-state index in [4.69, 9.17) is 11.6 Å². The van der Waals surface area contributed by atoms with E-state index in [1.807, 2.05) is 30.3 Å². The molecule has 0 spiro atoms. The van der Waals surface area contributed by atoms with E-state index in [0.717, 1.165) is 5.69 Å². The van der Waals surface area contributed by atoms with Crippen LogP contribution in [0.4, 0.5) is 10.3 Å². The highest BCUT2D eigenvalue weighted by Crippen LogP contribution is 2.24. The molecule has 160 valence electrons. The molecule has 0 aliphatic rings. The van der Waals surface area contributed by atoms with Crippen molar-refractivity contribution in [3.8, 4) is 5.69 Å². The minimum atomic E-state index is -3.98. The molecule has 0 bridgehead atoms. The van der Waals surface area contributed by atoms with Gasteiger partial charge in [-0.05, 0) is 43.7 Å². The summed E-state index contributed by atoms with van der Waals surface area (Å²) in [6.45, 7) is 3.52. The fourth-order valence-electron chi connectivity index (χ4n) is 3.25. The molecule has 8 nitrogen and oxygen atoms in total. The first-order chi connectivity index (χ1) is 14.7. The standard InChI is InChI=1S/C20H18ClFN6O2S/c1-13-19(14(2)28(24-13)17-6-4-3-5-7-17)31(29,30)26-20-23-12-27(25-20)11-15-8-9-16(22)10-18(15)21/h3-10,12H,11H2,1-2H3,(H,25,26). The van der Waals surface area contributed by atoms with Crippen LogP contribution < -0.4 is 4.72 Å². The van der Waals surface area contributed by atoms with Gasteiger partial charge in [-0.2, -0.15) is 10.1 Å². The normalized spacial score (nSPS) is 11.6. The van der Waals surface area contributed by atoms with Gasteiger partial charge >= 0.3 is 0 Å². The van der Waals surface area contributed by atoms with Gasteiger partial charge in [0, 0.05) is 5.02 Å². The van der Waals surface area contributed by atoms with Crippen LogP contribution in [0, 0.1) is 19.7 Å². The van der Waals surface area contributed by atoms with E-state index in [9.17, 15) is 12.8 Å². The molecule has 0 saturated heterocycles. The van der Waals surface area contributed by atoms with Crippen LogP contribution in [0.5, 0.6) is 0 Å². The van der Waals surface area contributed by atoms with Gasteiger partial charge < -0.3 is 0 Å². The molecule has 0 atom stereocenters. The highest BCUT2D eigenvalue weighted by atomic mass is 35.5. The molecule has 2 heterocycles. The zero-order valence-electron chi connectivity index (χ0n) is 16.6. The van der Waals surface area contributed by atoms with Gasteiger partial charge in [0.1, 0.15) is 17.0 Å². The van der Waals surface area contributed by atoms with Crippen molar-refractivity contribution >= 4 is 27.6 Å². The molecule has 4 aromatic rings. The van der Waals surface area contributed by atoms with E-state index in [1.165, 1.54) is 29.2 Å². The summed E-state index contributed by atoms with van der Waals surface area (Å²) in [6.07, 6.45) is 1.37. The molecule has 0 aliphatic heterocycles. The van der Waals surface area contributed by atoms with Crippen molar-refractivity contribution in [2.45, 2.75) is 25.3 Å². The van der Waals surface area contributed by atoms with Crippen LogP contribution in [0.2, 0.25) is 5.02 Å². The predicted molar refractivity (Wildman–Crippen MR) is 114 cm³/mol. The first-order valence-corrected chi connectivity index (χ1v) is 11.1. The number of nitrogens with one attached hydrogen (secondary N) is 1. The Hall–Kier alpha value is -3.24. The molecular weight excluding hydrogens is 443 g/mol. The highest BCUT2D eigenvalue weighted by Gasteiger charge is 2.26. The summed E-state index contributed by atoms with van der Waals surface area (Å²) in [4.78, 5) is 4.08. The maximum atomic E-state index is 13.2. The lowest BCUT2D eigenvalue weighted by Crippen LogP contribution is -2.16. The Morgan fingerprint density at radius 3 is 2.55 bits per heavy atom. The number of aryl methyl sites for hydroxylation is 1. The number of sulfonamides is 1. The molecule has 0 amide bonds. The van der Waals surface area contributed by atoms with Crippen LogP contribution >= 0.6 is 11.6 Å². The second-order valence-corrected chi connectivity index (χ2v) is 8.88. The molecule has 0 unspecified atom stereocenters. The lowest BCUT2D eigenvalue weighted by Gasteiger charge is -2.07. The van der Waals surface area contributed by atoms with Gasteiger partial charge in [0.05, 0.1) is 23.6 Å². The van der Waals surface area contributed by atoms with Crippen LogP contribution in [0.3, 0.4) is 0 Å². The summed E-state index contributed by atoms with van der Waals surface area (Å²) >= 11 is 6.04. The quantitative estimate of drug-likeness (QED) is 0.473. The molecule has 4 rings (SSSR count). The number of hydrogen-bond donors (Lipinski definition) is 1. The molecule has 2 aromatic heterocycles. The van der Waals surface area contributed by atoms with Crippen LogP contribution in [-0.4, -0.2) is 33.0 Å². The van der Waals surface area contributed by atoms with Crippen molar-refractivity contribution in [1.29, 1.82) is 0 Å². The molecule has 0 fully saturated rings. The molecule has 0 radical (unpaired) electrons. The number of nitrogens with zero attached hydrogens (tertiary/aromatic N) is 5. The van der Waals surface area contributed by atoms with Crippen molar-refractivity contribution in [3.63, 3.8) is 0 Å². The molecule has 31 heavy (non-hydrogen) atoms. The largest absolute Gasteiger partial charge is 0.267 e. The highest BCUT2D eigenvalue weighted by molar-refractivity contribution is 7.92. The number of rotatable bonds is 6. The number of hydrogen-bond acceptors (Lipinski definition) is 5. The summed E-state index contributed by atoms with van der Waals surface area (Å²) in [7, 11) is -3.98. The van der Waals surface area contributed by atoms with Gasteiger partial charge in [-0.1, -0.05) is 35.9 Å². The molecule has 1 N–H and O–H groups in total. The Kier molecular flexibility index (Phi) is 5.50. The van der Waals surface area contributed by atoms with E-state index >= 15 is 0 Å². The predicted octanol–water partition coefficient (Wildman–Crippen LogP) is 3.72. The smallest absolute Gasteiger partial charge is 0.246 e. The number of para-hydroxylation sites is 1. The molecular formula is C20H18ClFN6O2S. The third-order valence-electron chi connectivity index (χ3n) is 4.60. The lowest BCUT2D eigenvalue weighted by molar-refractivity contribution is 0.599. The third kappa shape index (κ3) is 4.30. The summed E-state index contributed by atoms with van der Waals surface area (Å²) in [5.41, 5.74) is 2.20. The summed E-state index contributed by atoms with van der Waals surface area (Å²) in [5.74, 6) is -0.535. The second kappa shape index (κ2) is 8.12. The average molecular weight is 461 g/mol. The summed E-state index contributed by atoms with van der Waals surface area (Å²) < 4.78 is 44.6. The second-order valence-electron chi connectivity index (χ2n) is 6.85. The van der Waals surface area contributed by atoms with Gasteiger partial charge in [0.2, 0.25) is 0 Å². The van der Waals surface area contributed by atoms with E-state index in [1.54, 1.807) is 18.5 Å². The summed E-state index contributed by atoms with van der Waals surface area (Å²) in [6, 6.07) is 13.3. The number of benzene rings is 2. The van der Waals surface area contributed by atoms with Crippen molar-refractivity contribution in [2.75, 3.05) is 4.72 Å². The van der Waals surface area contributed by atoms with Crippen LogP contribution in [0.15, 0.2) is 59.8 Å². The van der Waals surface area contributed by atoms with Gasteiger partial charge in [-0.15, -0.1) is 5.10 Å². The van der Waals surface area contributed by atoms with Crippen molar-refractivity contribution in [2.24, 2.45) is 0 Å². The van der Waals surface area contributed by atoms with E-state index in [2.05, 4.69) is 19.9 Å². The van der Waals surface area contributed by atoms with Gasteiger partial charge in [-0.3, -0.25) is 0 Å². The Balaban J connectivity index is 1.58. The Bertz CT molecular complexity index is 1350. The minimum Gasteiger partial charge on any atom is -0.246 e. The van der Waals surface area contributed by atoms with E-state index in [-0.39, 0.29) is 22.4 Å². The first kappa shape index (κ1) is 21.0. The van der Waals surface area contributed by atoms with E-state index < -0.39 is 15.8 Å². The maximum Gasteiger partial charge on any atom is 0.267 e. The summed E-state index contributed by atoms with van der Waals surface area (Å²) in [5, 5.41) is 8.76. The first-order valence-electron chi connectivity index (χ1n) is 9.22. The fourth-order valence-corrected chi connectivity index (χ4v) is 4.82. The maximum absolute atomic E-state index is 13.2.